The van der Waals surface area contributed by atoms with E-state index in [4.69, 9.17) is 11.6 Å². The Bertz CT molecular complexity index is 1040. The fourth-order valence-electron chi connectivity index (χ4n) is 3.15. The minimum absolute atomic E-state index is 0.316. The highest BCUT2D eigenvalue weighted by atomic mass is 35.5. The molecule has 0 saturated carbocycles. The van der Waals surface area contributed by atoms with E-state index in [2.05, 4.69) is 19.6 Å². The highest BCUT2D eigenvalue weighted by molar-refractivity contribution is 8.18. The first kappa shape index (κ1) is 21.5. The van der Waals surface area contributed by atoms with E-state index in [-0.39, 0.29) is 11.7 Å². The van der Waals surface area contributed by atoms with E-state index in [1.54, 1.807) is 12.1 Å². The lowest BCUT2D eigenvalue weighted by atomic mass is 10.2. The SMILES string of the molecule is O=C1N=C(N2CCN(c3cccc(Cl)n3)CC2)SC1=Cc1ccc(OC(F)(F)F)cc1. The molecule has 0 bridgehead atoms. The first-order valence-corrected chi connectivity index (χ1v) is 10.5. The van der Waals surface area contributed by atoms with Gasteiger partial charge in [-0.05, 0) is 47.7 Å². The number of carbonyl (C=O) groups excluding carboxylic acids is 1. The average Bonchev–Trinajstić information content (AvgIpc) is 3.09. The minimum Gasteiger partial charge on any atom is -0.406 e. The number of hydrogen-bond acceptors (Lipinski definition) is 6. The third kappa shape index (κ3) is 5.50. The van der Waals surface area contributed by atoms with Gasteiger partial charge in [0.2, 0.25) is 0 Å². The number of aliphatic imine (C=N–C) groups is 1. The van der Waals surface area contributed by atoms with Crippen molar-refractivity contribution in [1.29, 1.82) is 0 Å². The molecule has 6 nitrogen and oxygen atoms in total. The van der Waals surface area contributed by atoms with E-state index in [9.17, 15) is 18.0 Å². The second-order valence-electron chi connectivity index (χ2n) is 6.72. The van der Waals surface area contributed by atoms with Crippen LogP contribution in [-0.4, -0.2) is 53.5 Å². The summed E-state index contributed by atoms with van der Waals surface area (Å²) in [4.78, 5) is 25.3. The van der Waals surface area contributed by atoms with Crippen LogP contribution >= 0.6 is 23.4 Å². The van der Waals surface area contributed by atoms with Crippen molar-refractivity contribution in [2.24, 2.45) is 4.99 Å². The summed E-state index contributed by atoms with van der Waals surface area (Å²) in [5, 5.41) is 1.06. The van der Waals surface area contributed by atoms with Crippen LogP contribution in [0.1, 0.15) is 5.56 Å². The second-order valence-corrected chi connectivity index (χ2v) is 8.12. The summed E-state index contributed by atoms with van der Waals surface area (Å²) in [5.41, 5.74) is 0.582. The van der Waals surface area contributed by atoms with E-state index in [0.717, 1.165) is 5.82 Å². The number of pyridine rings is 1. The van der Waals surface area contributed by atoms with Crippen molar-refractivity contribution in [3.8, 4) is 5.75 Å². The molecule has 1 saturated heterocycles. The van der Waals surface area contributed by atoms with E-state index in [0.29, 0.717) is 47.0 Å². The molecule has 31 heavy (non-hydrogen) atoms. The first-order valence-electron chi connectivity index (χ1n) is 9.28. The van der Waals surface area contributed by atoms with Crippen molar-refractivity contribution >= 4 is 46.3 Å². The molecule has 1 fully saturated rings. The number of ether oxygens (including phenoxy) is 1. The number of carbonyl (C=O) groups is 1. The van der Waals surface area contributed by atoms with Gasteiger partial charge in [0.05, 0.1) is 4.91 Å². The predicted octanol–water partition coefficient (Wildman–Crippen LogP) is 4.43. The number of amidine groups is 1. The zero-order chi connectivity index (χ0) is 22.0. The third-order valence-electron chi connectivity index (χ3n) is 4.60. The van der Waals surface area contributed by atoms with E-state index in [1.165, 1.54) is 36.0 Å². The summed E-state index contributed by atoms with van der Waals surface area (Å²) in [6.45, 7) is 2.76. The molecule has 162 valence electrons. The molecule has 0 atom stereocenters. The van der Waals surface area contributed by atoms with Crippen LogP contribution in [0.25, 0.3) is 6.08 Å². The van der Waals surface area contributed by atoms with E-state index < -0.39 is 6.36 Å². The number of thioether (sulfide) groups is 1. The highest BCUT2D eigenvalue weighted by Crippen LogP contribution is 2.31. The number of halogens is 4. The second kappa shape index (κ2) is 8.80. The minimum atomic E-state index is -4.74. The third-order valence-corrected chi connectivity index (χ3v) is 5.85. The number of anilines is 1. The first-order chi connectivity index (χ1) is 14.8. The summed E-state index contributed by atoms with van der Waals surface area (Å²) in [5.74, 6) is 0.126. The number of rotatable bonds is 3. The number of amides is 1. The Kier molecular flexibility index (Phi) is 6.10. The van der Waals surface area contributed by atoms with Crippen molar-refractivity contribution in [2.45, 2.75) is 6.36 Å². The van der Waals surface area contributed by atoms with Crippen LogP contribution in [0.3, 0.4) is 0 Å². The van der Waals surface area contributed by atoms with Gasteiger partial charge in [-0.25, -0.2) is 4.98 Å². The predicted molar refractivity (Wildman–Crippen MR) is 114 cm³/mol. The maximum absolute atomic E-state index is 12.3. The van der Waals surface area contributed by atoms with Gasteiger partial charge in [0.15, 0.2) is 5.17 Å². The van der Waals surface area contributed by atoms with Crippen LogP contribution in [-0.2, 0) is 4.79 Å². The molecule has 1 amide bonds. The van der Waals surface area contributed by atoms with Gasteiger partial charge < -0.3 is 14.5 Å². The molecule has 3 heterocycles. The van der Waals surface area contributed by atoms with Crippen molar-refractivity contribution < 1.29 is 22.7 Å². The molecule has 4 rings (SSSR count). The zero-order valence-corrected chi connectivity index (χ0v) is 17.5. The van der Waals surface area contributed by atoms with E-state index in [1.807, 2.05) is 17.0 Å². The lowest BCUT2D eigenvalue weighted by Crippen LogP contribution is -2.48. The quantitative estimate of drug-likeness (QED) is 0.491. The largest absolute Gasteiger partial charge is 0.573 e. The molecule has 2 aliphatic heterocycles. The van der Waals surface area contributed by atoms with E-state index >= 15 is 0 Å². The molecule has 0 aliphatic carbocycles. The monoisotopic (exact) mass is 468 g/mol. The Morgan fingerprint density at radius 1 is 1.03 bits per heavy atom. The molecule has 2 aliphatic rings. The summed E-state index contributed by atoms with van der Waals surface area (Å²) in [6.07, 6.45) is -3.14. The molecule has 11 heteroatoms. The standard InChI is InChI=1S/C20H16ClF3N4O2S/c21-16-2-1-3-17(25-16)27-8-10-28(11-9-27)19-26-18(29)15(31-19)12-13-4-6-14(7-5-13)30-20(22,23)24/h1-7,12H,8-11H2. The van der Waals surface area contributed by atoms with Crippen molar-refractivity contribution in [1.82, 2.24) is 9.88 Å². The highest BCUT2D eigenvalue weighted by Gasteiger charge is 2.31. The molecule has 0 radical (unpaired) electrons. The van der Waals surface area contributed by atoms with Crippen LogP contribution in [0, 0.1) is 0 Å². The molecule has 0 spiro atoms. The van der Waals surface area contributed by atoms with Gasteiger partial charge in [0, 0.05) is 26.2 Å². The number of benzene rings is 1. The lowest BCUT2D eigenvalue weighted by molar-refractivity contribution is -0.274. The maximum Gasteiger partial charge on any atom is 0.573 e. The maximum atomic E-state index is 12.3. The van der Waals surface area contributed by atoms with Crippen LogP contribution in [0.5, 0.6) is 5.75 Å². The molecule has 0 unspecified atom stereocenters. The van der Waals surface area contributed by atoms with Crippen LogP contribution in [0.2, 0.25) is 5.15 Å². The van der Waals surface area contributed by atoms with Gasteiger partial charge in [0.25, 0.3) is 5.91 Å². The number of alkyl halides is 3. The number of nitrogens with zero attached hydrogens (tertiary/aromatic N) is 4. The van der Waals surface area contributed by atoms with Gasteiger partial charge in [-0.3, -0.25) is 4.79 Å². The fourth-order valence-corrected chi connectivity index (χ4v) is 4.28. The van der Waals surface area contributed by atoms with Gasteiger partial charge >= 0.3 is 6.36 Å². The topological polar surface area (TPSA) is 58.0 Å². The molecular formula is C20H16ClF3N4O2S. The van der Waals surface area contributed by atoms with Crippen molar-refractivity contribution in [3.63, 3.8) is 0 Å². The van der Waals surface area contributed by atoms with Gasteiger partial charge in [-0.15, -0.1) is 13.2 Å². The zero-order valence-electron chi connectivity index (χ0n) is 16.0. The number of piperazine rings is 1. The van der Waals surface area contributed by atoms with Crippen LogP contribution in [0.4, 0.5) is 19.0 Å². The molecule has 1 aromatic carbocycles. The Labute approximate surface area is 185 Å². The number of hydrogen-bond donors (Lipinski definition) is 0. The number of aromatic nitrogens is 1. The Morgan fingerprint density at radius 2 is 1.71 bits per heavy atom. The van der Waals surface area contributed by atoms with Crippen molar-refractivity contribution in [2.75, 3.05) is 31.1 Å². The summed E-state index contributed by atoms with van der Waals surface area (Å²) < 4.78 is 40.6. The summed E-state index contributed by atoms with van der Waals surface area (Å²) >= 11 is 7.22. The Hall–Kier alpha value is -2.72. The molecule has 2 aromatic rings. The Balaban J connectivity index is 1.36. The van der Waals surface area contributed by atoms with Gasteiger partial charge in [0.1, 0.15) is 16.7 Å². The normalized spacial score (nSPS) is 18.5. The van der Waals surface area contributed by atoms with Crippen LogP contribution < -0.4 is 9.64 Å². The summed E-state index contributed by atoms with van der Waals surface area (Å²) in [7, 11) is 0. The molecule has 0 N–H and O–H groups in total. The van der Waals surface area contributed by atoms with Crippen molar-refractivity contribution in [3.05, 3.63) is 58.1 Å². The average molecular weight is 469 g/mol. The Morgan fingerprint density at radius 3 is 2.35 bits per heavy atom. The molecular weight excluding hydrogens is 453 g/mol. The smallest absolute Gasteiger partial charge is 0.406 e. The lowest BCUT2D eigenvalue weighted by Gasteiger charge is -2.36. The van der Waals surface area contributed by atoms with Crippen LogP contribution in [0.15, 0.2) is 52.4 Å². The summed E-state index contributed by atoms with van der Waals surface area (Å²) in [6, 6.07) is 10.8. The van der Waals surface area contributed by atoms with Gasteiger partial charge in [-0.1, -0.05) is 29.8 Å². The van der Waals surface area contributed by atoms with Gasteiger partial charge in [-0.2, -0.15) is 4.99 Å². The molecule has 1 aromatic heterocycles. The fraction of sp³-hybridized carbons (Fsp3) is 0.250.